The first-order chi connectivity index (χ1) is 8.31. The number of anilines is 1. The molecule has 0 saturated heterocycles. The van der Waals surface area contributed by atoms with Crippen molar-refractivity contribution in [3.63, 3.8) is 0 Å². The van der Waals surface area contributed by atoms with Crippen LogP contribution in [0.4, 0.5) is 18.9 Å². The highest BCUT2D eigenvalue weighted by molar-refractivity contribution is 5.87. The molecule has 0 spiro atoms. The molecular weight excluding hydrogens is 247 g/mol. The van der Waals surface area contributed by atoms with Crippen LogP contribution in [-0.2, 0) is 21.1 Å². The number of hydrogen-bond acceptors (Lipinski definition) is 3. The van der Waals surface area contributed by atoms with Crippen LogP contribution in [0.2, 0.25) is 0 Å². The number of benzene rings is 1. The van der Waals surface area contributed by atoms with E-state index in [4.69, 9.17) is 5.73 Å². The summed E-state index contributed by atoms with van der Waals surface area (Å²) in [7, 11) is 1.26. The molecule has 6 heteroatoms. The predicted octanol–water partition coefficient (Wildman–Crippen LogP) is 2.49. The van der Waals surface area contributed by atoms with Crippen LogP contribution >= 0.6 is 0 Å². The average Bonchev–Trinajstić information content (AvgIpc) is 3.07. The van der Waals surface area contributed by atoms with Crippen LogP contribution in [0.3, 0.4) is 0 Å². The van der Waals surface area contributed by atoms with E-state index in [-0.39, 0.29) is 5.69 Å². The quantitative estimate of drug-likeness (QED) is 0.655. The zero-order chi connectivity index (χ0) is 13.6. The van der Waals surface area contributed by atoms with Crippen LogP contribution < -0.4 is 5.73 Å². The molecule has 1 aliphatic rings. The maximum atomic E-state index is 12.5. The number of carbonyl (C=O) groups excluding carboxylic acids is 1. The third-order valence-electron chi connectivity index (χ3n) is 3.24. The Morgan fingerprint density at radius 1 is 1.39 bits per heavy atom. The van der Waals surface area contributed by atoms with Crippen molar-refractivity contribution >= 4 is 11.7 Å². The van der Waals surface area contributed by atoms with Crippen molar-refractivity contribution < 1.29 is 22.7 Å². The highest BCUT2D eigenvalue weighted by atomic mass is 19.4. The second kappa shape index (κ2) is 3.90. The molecule has 2 rings (SSSR count). The lowest BCUT2D eigenvalue weighted by Gasteiger charge is -2.16. The first kappa shape index (κ1) is 12.7. The van der Waals surface area contributed by atoms with Crippen molar-refractivity contribution in [1.29, 1.82) is 0 Å². The topological polar surface area (TPSA) is 52.3 Å². The molecule has 0 atom stereocenters. The molecule has 1 saturated carbocycles. The van der Waals surface area contributed by atoms with Gasteiger partial charge >= 0.3 is 12.1 Å². The smallest absolute Gasteiger partial charge is 0.418 e. The van der Waals surface area contributed by atoms with Crippen molar-refractivity contribution in [3.8, 4) is 0 Å². The number of alkyl halides is 3. The molecular formula is C12H12F3NO2. The Labute approximate surface area is 102 Å². The second-order valence-corrected chi connectivity index (χ2v) is 4.37. The molecule has 18 heavy (non-hydrogen) atoms. The molecule has 0 radical (unpaired) electrons. The summed E-state index contributed by atoms with van der Waals surface area (Å²) in [6.07, 6.45) is -3.33. The molecule has 1 aromatic carbocycles. The van der Waals surface area contributed by atoms with Gasteiger partial charge in [-0.2, -0.15) is 13.2 Å². The van der Waals surface area contributed by atoms with Crippen molar-refractivity contribution in [2.45, 2.75) is 24.4 Å². The van der Waals surface area contributed by atoms with Gasteiger partial charge in [-0.3, -0.25) is 4.79 Å². The minimum atomic E-state index is -4.48. The molecule has 0 amide bonds. The molecule has 1 aliphatic carbocycles. The van der Waals surface area contributed by atoms with Gasteiger partial charge in [-0.15, -0.1) is 0 Å². The zero-order valence-corrected chi connectivity index (χ0v) is 9.67. The van der Waals surface area contributed by atoms with Crippen LogP contribution in [0.25, 0.3) is 0 Å². The molecule has 98 valence electrons. The lowest BCUT2D eigenvalue weighted by Crippen LogP contribution is -2.22. The van der Waals surface area contributed by atoms with E-state index in [1.807, 2.05) is 0 Å². The maximum absolute atomic E-state index is 12.5. The van der Waals surface area contributed by atoms with Gasteiger partial charge in [0.1, 0.15) is 0 Å². The Morgan fingerprint density at radius 3 is 2.39 bits per heavy atom. The van der Waals surface area contributed by atoms with Gasteiger partial charge in [-0.25, -0.2) is 0 Å². The van der Waals surface area contributed by atoms with E-state index in [1.54, 1.807) is 0 Å². The van der Waals surface area contributed by atoms with Crippen LogP contribution in [0, 0.1) is 0 Å². The Morgan fingerprint density at radius 2 is 2.00 bits per heavy atom. The van der Waals surface area contributed by atoms with E-state index >= 15 is 0 Å². The Bertz CT molecular complexity index is 493. The fourth-order valence-corrected chi connectivity index (χ4v) is 2.05. The van der Waals surface area contributed by atoms with Crippen LogP contribution in [0.15, 0.2) is 18.2 Å². The summed E-state index contributed by atoms with van der Waals surface area (Å²) in [6, 6.07) is 3.42. The Kier molecular flexibility index (Phi) is 2.76. The second-order valence-electron chi connectivity index (χ2n) is 4.37. The molecule has 0 bridgehead atoms. The van der Waals surface area contributed by atoms with Crippen molar-refractivity contribution in [3.05, 3.63) is 29.3 Å². The number of esters is 1. The molecule has 1 aromatic rings. The van der Waals surface area contributed by atoms with Gasteiger partial charge in [-0.1, -0.05) is 6.07 Å². The number of carbonyl (C=O) groups is 1. The number of nitrogens with two attached hydrogens (primary N) is 1. The van der Waals surface area contributed by atoms with E-state index < -0.39 is 23.1 Å². The predicted molar refractivity (Wildman–Crippen MR) is 58.8 cm³/mol. The standard InChI is InChI=1S/C12H12F3NO2/c1-18-10(17)11(4-5-11)7-2-3-8(9(16)6-7)12(13,14)15/h2-3,6H,4-5,16H2,1H3. The highest BCUT2D eigenvalue weighted by Crippen LogP contribution is 2.50. The minimum absolute atomic E-state index is 0.366. The van der Waals surface area contributed by atoms with Gasteiger partial charge in [0.15, 0.2) is 0 Å². The Balaban J connectivity index is 2.39. The fourth-order valence-electron chi connectivity index (χ4n) is 2.05. The van der Waals surface area contributed by atoms with Crippen LogP contribution in [0.5, 0.6) is 0 Å². The maximum Gasteiger partial charge on any atom is 0.418 e. The van der Waals surface area contributed by atoms with Crippen molar-refractivity contribution in [2.24, 2.45) is 0 Å². The summed E-state index contributed by atoms with van der Waals surface area (Å²) in [5, 5.41) is 0. The molecule has 2 N–H and O–H groups in total. The van der Waals surface area contributed by atoms with Gasteiger partial charge in [0.05, 0.1) is 18.1 Å². The highest BCUT2D eigenvalue weighted by Gasteiger charge is 2.52. The van der Waals surface area contributed by atoms with Crippen LogP contribution in [-0.4, -0.2) is 13.1 Å². The lowest BCUT2D eigenvalue weighted by molar-refractivity contribution is -0.143. The summed E-state index contributed by atoms with van der Waals surface area (Å²) in [4.78, 5) is 11.6. The average molecular weight is 259 g/mol. The van der Waals surface area contributed by atoms with Gasteiger partial charge in [0, 0.05) is 5.69 Å². The van der Waals surface area contributed by atoms with E-state index in [9.17, 15) is 18.0 Å². The Hall–Kier alpha value is -1.72. The van der Waals surface area contributed by atoms with Gasteiger partial charge in [-0.05, 0) is 30.5 Å². The van der Waals surface area contributed by atoms with Gasteiger partial charge < -0.3 is 10.5 Å². The SMILES string of the molecule is COC(=O)C1(c2ccc(C(F)(F)F)c(N)c2)CC1. The van der Waals surface area contributed by atoms with Crippen molar-refractivity contribution in [1.82, 2.24) is 0 Å². The number of nitrogen functional groups attached to an aromatic ring is 1. The minimum Gasteiger partial charge on any atom is -0.468 e. The summed E-state index contributed by atoms with van der Waals surface area (Å²) in [5.41, 5.74) is 3.84. The molecule has 0 aromatic heterocycles. The molecule has 0 aliphatic heterocycles. The molecule has 1 fully saturated rings. The fraction of sp³-hybridized carbons (Fsp3) is 0.417. The lowest BCUT2D eigenvalue weighted by atomic mass is 9.94. The summed E-state index contributed by atoms with van der Waals surface area (Å²) < 4.78 is 42.3. The summed E-state index contributed by atoms with van der Waals surface area (Å²) >= 11 is 0. The van der Waals surface area contributed by atoms with Crippen LogP contribution in [0.1, 0.15) is 24.0 Å². The number of halogens is 3. The van der Waals surface area contributed by atoms with E-state index in [1.165, 1.54) is 19.2 Å². The largest absolute Gasteiger partial charge is 0.468 e. The monoisotopic (exact) mass is 259 g/mol. The first-order valence-corrected chi connectivity index (χ1v) is 5.37. The third kappa shape index (κ3) is 1.91. The number of hydrogen-bond donors (Lipinski definition) is 1. The summed E-state index contributed by atoms with van der Waals surface area (Å²) in [5.74, 6) is -0.429. The molecule has 3 nitrogen and oxygen atoms in total. The normalized spacial score (nSPS) is 17.3. The van der Waals surface area contributed by atoms with Gasteiger partial charge in [0.2, 0.25) is 0 Å². The summed E-state index contributed by atoms with van der Waals surface area (Å²) in [6.45, 7) is 0. The van der Waals surface area contributed by atoms with E-state index in [2.05, 4.69) is 4.74 Å². The third-order valence-corrected chi connectivity index (χ3v) is 3.24. The molecule has 0 heterocycles. The number of methoxy groups -OCH3 is 1. The van der Waals surface area contributed by atoms with E-state index in [0.717, 1.165) is 6.07 Å². The van der Waals surface area contributed by atoms with E-state index in [0.29, 0.717) is 18.4 Å². The molecule has 0 unspecified atom stereocenters. The number of rotatable bonds is 2. The van der Waals surface area contributed by atoms with Crippen molar-refractivity contribution in [2.75, 3.05) is 12.8 Å². The van der Waals surface area contributed by atoms with Gasteiger partial charge in [0.25, 0.3) is 0 Å². The zero-order valence-electron chi connectivity index (χ0n) is 9.67. The number of ether oxygens (including phenoxy) is 1. The first-order valence-electron chi connectivity index (χ1n) is 5.37.